The lowest BCUT2D eigenvalue weighted by atomic mass is 9.87. The van der Waals surface area contributed by atoms with E-state index in [0.29, 0.717) is 0 Å². The molecule has 1 aromatic rings. The Hall–Kier alpha value is -1.49. The molecule has 1 fully saturated rings. The predicted octanol–water partition coefficient (Wildman–Crippen LogP) is 3.84. The summed E-state index contributed by atoms with van der Waals surface area (Å²) in [6.45, 7) is 6.52. The highest BCUT2D eigenvalue weighted by atomic mass is 32.2. The van der Waals surface area contributed by atoms with Gasteiger partial charge in [0.2, 0.25) is 5.91 Å². The molecule has 0 unspecified atom stereocenters. The maximum absolute atomic E-state index is 11.8. The fourth-order valence-corrected chi connectivity index (χ4v) is 3.35. The van der Waals surface area contributed by atoms with E-state index in [9.17, 15) is 9.59 Å². The molecule has 2 N–H and O–H groups in total. The van der Waals surface area contributed by atoms with Gasteiger partial charge in [-0.25, -0.2) is 4.79 Å². The zero-order valence-corrected chi connectivity index (χ0v) is 15.0. The van der Waals surface area contributed by atoms with Crippen LogP contribution in [0.4, 0.5) is 4.79 Å². The Balaban J connectivity index is 1.74. The third-order valence-corrected chi connectivity index (χ3v) is 5.05. The molecule has 3 amide bonds. The maximum atomic E-state index is 11.8. The van der Waals surface area contributed by atoms with Gasteiger partial charge in [0.15, 0.2) is 0 Å². The molecule has 126 valence electrons. The number of nitrogens with one attached hydrogen (secondary N) is 2. The summed E-state index contributed by atoms with van der Waals surface area (Å²) < 4.78 is 0. The number of carbonyl (C=O) groups excluding carboxylic acids is 2. The van der Waals surface area contributed by atoms with Crippen molar-refractivity contribution in [2.24, 2.45) is 0 Å². The Morgan fingerprint density at radius 1 is 1.13 bits per heavy atom. The van der Waals surface area contributed by atoms with E-state index in [-0.39, 0.29) is 29.1 Å². The minimum Gasteiger partial charge on any atom is -0.335 e. The minimum atomic E-state index is -0.370. The lowest BCUT2D eigenvalue weighted by molar-refractivity contribution is -0.117. The van der Waals surface area contributed by atoms with Gasteiger partial charge in [-0.2, -0.15) is 0 Å². The van der Waals surface area contributed by atoms with Crippen molar-refractivity contribution in [1.82, 2.24) is 10.6 Å². The molecular weight excluding hydrogens is 308 g/mol. The molecule has 23 heavy (non-hydrogen) atoms. The summed E-state index contributed by atoms with van der Waals surface area (Å²) in [7, 11) is 0. The summed E-state index contributed by atoms with van der Waals surface area (Å²) in [6, 6.07) is 8.08. The molecule has 0 saturated heterocycles. The van der Waals surface area contributed by atoms with Gasteiger partial charge in [-0.1, -0.05) is 45.7 Å². The molecular formula is C18H26N2O2S. The first-order chi connectivity index (χ1) is 10.8. The van der Waals surface area contributed by atoms with E-state index < -0.39 is 0 Å². The topological polar surface area (TPSA) is 58.2 Å². The first-order valence-electron chi connectivity index (χ1n) is 8.18. The first-order valence-corrected chi connectivity index (χ1v) is 9.17. The number of amides is 3. The van der Waals surface area contributed by atoms with E-state index in [1.54, 1.807) is 0 Å². The average Bonchev–Trinajstić information content (AvgIpc) is 2.97. The first kappa shape index (κ1) is 17.9. The number of benzene rings is 1. The fraction of sp³-hybridized carbons (Fsp3) is 0.556. The normalized spacial score (nSPS) is 15.4. The van der Waals surface area contributed by atoms with Crippen LogP contribution in [0.5, 0.6) is 0 Å². The molecule has 0 heterocycles. The average molecular weight is 334 g/mol. The van der Waals surface area contributed by atoms with E-state index in [1.807, 2.05) is 12.1 Å². The van der Waals surface area contributed by atoms with Crippen LogP contribution in [0.3, 0.4) is 0 Å². The standard InChI is InChI=1S/C18H26N2O2S/c1-18(2,3)13-8-10-15(11-9-13)23-12-16(21)20-17(22)19-14-6-4-5-7-14/h8-11,14H,4-7,12H2,1-3H3,(H2,19,20,21,22). The lowest BCUT2D eigenvalue weighted by Crippen LogP contribution is -2.44. The SMILES string of the molecule is CC(C)(C)c1ccc(SCC(=O)NC(=O)NC2CCCC2)cc1. The van der Waals surface area contributed by atoms with Crippen molar-refractivity contribution >= 4 is 23.7 Å². The monoisotopic (exact) mass is 334 g/mol. The largest absolute Gasteiger partial charge is 0.335 e. The highest BCUT2D eigenvalue weighted by Gasteiger charge is 2.18. The molecule has 1 aliphatic carbocycles. The van der Waals surface area contributed by atoms with Gasteiger partial charge < -0.3 is 5.32 Å². The summed E-state index contributed by atoms with van der Waals surface area (Å²) in [5, 5.41) is 5.25. The summed E-state index contributed by atoms with van der Waals surface area (Å²) in [5.41, 5.74) is 1.39. The van der Waals surface area contributed by atoms with Crippen molar-refractivity contribution in [3.8, 4) is 0 Å². The minimum absolute atomic E-state index is 0.124. The highest BCUT2D eigenvalue weighted by Crippen LogP contribution is 2.25. The van der Waals surface area contributed by atoms with Crippen LogP contribution < -0.4 is 10.6 Å². The van der Waals surface area contributed by atoms with Crippen molar-refractivity contribution in [2.45, 2.75) is 62.8 Å². The summed E-state index contributed by atoms with van der Waals surface area (Å²) in [6.07, 6.45) is 4.32. The number of urea groups is 1. The molecule has 4 nitrogen and oxygen atoms in total. The molecule has 1 aromatic carbocycles. The predicted molar refractivity (Wildman–Crippen MR) is 94.8 cm³/mol. The van der Waals surface area contributed by atoms with Crippen LogP contribution in [-0.4, -0.2) is 23.7 Å². The molecule has 0 aliphatic heterocycles. The second kappa shape index (κ2) is 7.86. The number of thioether (sulfide) groups is 1. The number of imide groups is 1. The molecule has 0 aromatic heterocycles. The van der Waals surface area contributed by atoms with Gasteiger partial charge in [0, 0.05) is 10.9 Å². The van der Waals surface area contributed by atoms with E-state index in [0.717, 1.165) is 30.6 Å². The van der Waals surface area contributed by atoms with Gasteiger partial charge in [0.05, 0.1) is 5.75 Å². The molecule has 5 heteroatoms. The van der Waals surface area contributed by atoms with E-state index >= 15 is 0 Å². The van der Waals surface area contributed by atoms with Crippen molar-refractivity contribution in [2.75, 3.05) is 5.75 Å². The Kier molecular flexibility index (Phi) is 6.10. The number of hydrogen-bond donors (Lipinski definition) is 2. The van der Waals surface area contributed by atoms with E-state index in [1.165, 1.54) is 17.3 Å². The van der Waals surface area contributed by atoms with Crippen molar-refractivity contribution in [3.63, 3.8) is 0 Å². The fourth-order valence-electron chi connectivity index (χ4n) is 2.65. The molecule has 0 atom stereocenters. The summed E-state index contributed by atoms with van der Waals surface area (Å²) in [4.78, 5) is 24.6. The Labute approximate surface area is 142 Å². The summed E-state index contributed by atoms with van der Waals surface area (Å²) >= 11 is 1.44. The van der Waals surface area contributed by atoms with Crippen LogP contribution in [0, 0.1) is 0 Å². The van der Waals surface area contributed by atoms with Gasteiger partial charge >= 0.3 is 6.03 Å². The maximum Gasteiger partial charge on any atom is 0.321 e. The van der Waals surface area contributed by atoms with Gasteiger partial charge in [-0.3, -0.25) is 10.1 Å². The number of hydrogen-bond acceptors (Lipinski definition) is 3. The van der Waals surface area contributed by atoms with Gasteiger partial charge in [0.1, 0.15) is 0 Å². The molecule has 0 spiro atoms. The van der Waals surface area contributed by atoms with Crippen LogP contribution >= 0.6 is 11.8 Å². The van der Waals surface area contributed by atoms with Crippen LogP contribution in [0.15, 0.2) is 29.2 Å². The Morgan fingerprint density at radius 2 is 1.74 bits per heavy atom. The summed E-state index contributed by atoms with van der Waals surface area (Å²) in [5.74, 6) is -0.0159. The second-order valence-corrected chi connectivity index (χ2v) is 8.11. The van der Waals surface area contributed by atoms with Crippen molar-refractivity contribution < 1.29 is 9.59 Å². The lowest BCUT2D eigenvalue weighted by Gasteiger charge is -2.19. The van der Waals surface area contributed by atoms with E-state index in [2.05, 4.69) is 43.5 Å². The molecule has 0 bridgehead atoms. The van der Waals surface area contributed by atoms with Crippen LogP contribution in [0.25, 0.3) is 0 Å². The Bertz CT molecular complexity index is 543. The molecule has 0 radical (unpaired) electrons. The molecule has 1 aliphatic rings. The van der Waals surface area contributed by atoms with Crippen LogP contribution in [-0.2, 0) is 10.2 Å². The third kappa shape index (κ3) is 5.90. The van der Waals surface area contributed by atoms with Gasteiger partial charge in [-0.15, -0.1) is 11.8 Å². The van der Waals surface area contributed by atoms with E-state index in [4.69, 9.17) is 0 Å². The number of rotatable bonds is 4. The van der Waals surface area contributed by atoms with Crippen molar-refractivity contribution in [1.29, 1.82) is 0 Å². The number of carbonyl (C=O) groups is 2. The molecule has 1 saturated carbocycles. The van der Waals surface area contributed by atoms with Gasteiger partial charge in [0.25, 0.3) is 0 Å². The van der Waals surface area contributed by atoms with Crippen LogP contribution in [0.2, 0.25) is 0 Å². The zero-order chi connectivity index (χ0) is 16.9. The third-order valence-electron chi connectivity index (χ3n) is 4.03. The zero-order valence-electron chi connectivity index (χ0n) is 14.1. The second-order valence-electron chi connectivity index (χ2n) is 7.07. The smallest absolute Gasteiger partial charge is 0.321 e. The highest BCUT2D eigenvalue weighted by molar-refractivity contribution is 8.00. The van der Waals surface area contributed by atoms with Crippen molar-refractivity contribution in [3.05, 3.63) is 29.8 Å². The Morgan fingerprint density at radius 3 is 2.30 bits per heavy atom. The quantitative estimate of drug-likeness (QED) is 0.822. The van der Waals surface area contributed by atoms with Gasteiger partial charge in [-0.05, 0) is 36.0 Å². The molecule has 2 rings (SSSR count). The van der Waals surface area contributed by atoms with Crippen LogP contribution in [0.1, 0.15) is 52.0 Å².